The number of hydrazone groups is 1. The van der Waals surface area contributed by atoms with E-state index in [0.29, 0.717) is 0 Å². The van der Waals surface area contributed by atoms with Crippen LogP contribution in [-0.2, 0) is 4.74 Å². The number of allylic oxidation sites excluding steroid dienone is 1. The van der Waals surface area contributed by atoms with Crippen LogP contribution in [0, 0.1) is 0 Å². The molecule has 0 aliphatic heterocycles. The highest BCUT2D eigenvalue weighted by Gasteiger charge is 1.95. The Kier molecular flexibility index (Phi) is 5.30. The Labute approximate surface area is 99.7 Å². The lowest BCUT2D eigenvalue weighted by Gasteiger charge is -2.02. The zero-order chi connectivity index (χ0) is 12.5. The molecule has 0 bridgehead atoms. The van der Waals surface area contributed by atoms with Crippen LogP contribution in [0.3, 0.4) is 0 Å². The molecule has 1 N–H and O–H groups in total. The van der Waals surface area contributed by atoms with Crippen LogP contribution in [0.1, 0.15) is 5.56 Å². The van der Waals surface area contributed by atoms with Crippen LogP contribution in [0.15, 0.2) is 35.4 Å². The zero-order valence-electron chi connectivity index (χ0n) is 9.71. The lowest BCUT2D eigenvalue weighted by molar-refractivity contribution is 0.171. The summed E-state index contributed by atoms with van der Waals surface area (Å²) in [5.41, 5.74) is 3.10. The summed E-state index contributed by atoms with van der Waals surface area (Å²) in [7, 11) is 2.88. The van der Waals surface area contributed by atoms with E-state index in [4.69, 9.17) is 4.74 Å². The van der Waals surface area contributed by atoms with Crippen molar-refractivity contribution in [2.75, 3.05) is 14.2 Å². The maximum atomic E-state index is 10.7. The second-order valence-corrected chi connectivity index (χ2v) is 2.98. The Bertz CT molecular complexity index is 428. The molecular formula is C12H14N2O3. The SMILES string of the molecule is COC(=O)N/N=C\C=C\c1ccccc1OC. The van der Waals surface area contributed by atoms with Gasteiger partial charge in [0.25, 0.3) is 0 Å². The van der Waals surface area contributed by atoms with E-state index in [0.717, 1.165) is 11.3 Å². The molecule has 0 heterocycles. The molecule has 0 aliphatic carbocycles. The summed E-state index contributed by atoms with van der Waals surface area (Å²) in [5.74, 6) is 0.776. The molecule has 0 fully saturated rings. The first-order chi connectivity index (χ1) is 8.27. The molecule has 0 saturated heterocycles. The lowest BCUT2D eigenvalue weighted by Crippen LogP contribution is -2.16. The predicted octanol–water partition coefficient (Wildman–Crippen LogP) is 2.05. The number of carbonyl (C=O) groups excluding carboxylic acids is 1. The molecule has 90 valence electrons. The summed E-state index contributed by atoms with van der Waals surface area (Å²) < 4.78 is 9.52. The Morgan fingerprint density at radius 3 is 2.82 bits per heavy atom. The van der Waals surface area contributed by atoms with E-state index in [1.54, 1.807) is 13.2 Å². The van der Waals surface area contributed by atoms with Crippen molar-refractivity contribution in [2.45, 2.75) is 0 Å². The molecule has 0 atom stereocenters. The maximum absolute atomic E-state index is 10.7. The number of hydrogen-bond donors (Lipinski definition) is 1. The fourth-order valence-electron chi connectivity index (χ4n) is 1.13. The van der Waals surface area contributed by atoms with E-state index >= 15 is 0 Å². The van der Waals surface area contributed by atoms with Gasteiger partial charge in [0.2, 0.25) is 0 Å². The average molecular weight is 234 g/mol. The third-order valence-corrected chi connectivity index (χ3v) is 1.92. The van der Waals surface area contributed by atoms with E-state index in [-0.39, 0.29) is 0 Å². The molecule has 0 spiro atoms. The normalized spacial score (nSPS) is 10.7. The number of amides is 1. The third-order valence-electron chi connectivity index (χ3n) is 1.92. The Hall–Kier alpha value is -2.30. The minimum absolute atomic E-state index is 0.605. The first kappa shape index (κ1) is 12.8. The van der Waals surface area contributed by atoms with Crippen LogP contribution in [0.2, 0.25) is 0 Å². The van der Waals surface area contributed by atoms with Crippen LogP contribution in [-0.4, -0.2) is 26.5 Å². The number of rotatable bonds is 4. The predicted molar refractivity (Wildman–Crippen MR) is 66.1 cm³/mol. The molecule has 17 heavy (non-hydrogen) atoms. The van der Waals surface area contributed by atoms with E-state index < -0.39 is 6.09 Å². The van der Waals surface area contributed by atoms with Gasteiger partial charge in [-0.3, -0.25) is 0 Å². The van der Waals surface area contributed by atoms with Gasteiger partial charge in [-0.1, -0.05) is 18.2 Å². The van der Waals surface area contributed by atoms with E-state index in [1.807, 2.05) is 30.3 Å². The zero-order valence-corrected chi connectivity index (χ0v) is 9.71. The van der Waals surface area contributed by atoms with Gasteiger partial charge in [-0.05, 0) is 18.2 Å². The molecule has 1 amide bonds. The first-order valence-electron chi connectivity index (χ1n) is 4.94. The number of methoxy groups -OCH3 is 2. The monoisotopic (exact) mass is 234 g/mol. The number of hydrogen-bond acceptors (Lipinski definition) is 4. The van der Waals surface area contributed by atoms with Gasteiger partial charge in [0, 0.05) is 11.8 Å². The van der Waals surface area contributed by atoms with Gasteiger partial charge in [-0.2, -0.15) is 5.10 Å². The molecule has 0 saturated carbocycles. The molecule has 1 aromatic rings. The van der Waals surface area contributed by atoms with Crippen molar-refractivity contribution in [3.8, 4) is 5.75 Å². The minimum atomic E-state index is -0.605. The van der Waals surface area contributed by atoms with Gasteiger partial charge in [0.05, 0.1) is 14.2 Å². The highest BCUT2D eigenvalue weighted by atomic mass is 16.5. The standard InChI is InChI=1S/C12H14N2O3/c1-16-11-8-4-3-6-10(11)7-5-9-13-14-12(15)17-2/h3-9H,1-2H3,(H,14,15)/b7-5+,13-9-. The van der Waals surface area contributed by atoms with Crippen molar-refractivity contribution in [1.29, 1.82) is 0 Å². The van der Waals surface area contributed by atoms with Gasteiger partial charge in [0.15, 0.2) is 0 Å². The van der Waals surface area contributed by atoms with Crippen LogP contribution < -0.4 is 10.2 Å². The quantitative estimate of drug-likeness (QED) is 0.640. The molecule has 0 radical (unpaired) electrons. The van der Waals surface area contributed by atoms with Gasteiger partial charge >= 0.3 is 6.09 Å². The maximum Gasteiger partial charge on any atom is 0.427 e. The van der Waals surface area contributed by atoms with Crippen molar-refractivity contribution in [2.24, 2.45) is 5.10 Å². The first-order valence-corrected chi connectivity index (χ1v) is 4.94. The van der Waals surface area contributed by atoms with Crippen molar-refractivity contribution in [1.82, 2.24) is 5.43 Å². The summed E-state index contributed by atoms with van der Waals surface area (Å²) in [4.78, 5) is 10.7. The fourth-order valence-corrected chi connectivity index (χ4v) is 1.13. The highest BCUT2D eigenvalue weighted by molar-refractivity contribution is 5.80. The smallest absolute Gasteiger partial charge is 0.427 e. The number of benzene rings is 1. The Balaban J connectivity index is 2.56. The molecule has 1 aromatic carbocycles. The van der Waals surface area contributed by atoms with Gasteiger partial charge < -0.3 is 9.47 Å². The minimum Gasteiger partial charge on any atom is -0.496 e. The summed E-state index contributed by atoms with van der Waals surface area (Å²) in [6.07, 6.45) is 4.35. The fraction of sp³-hybridized carbons (Fsp3) is 0.167. The second kappa shape index (κ2) is 7.05. The summed E-state index contributed by atoms with van der Waals surface area (Å²) >= 11 is 0. The van der Waals surface area contributed by atoms with Crippen LogP contribution in [0.4, 0.5) is 4.79 Å². The van der Waals surface area contributed by atoms with Crippen molar-refractivity contribution >= 4 is 18.4 Å². The Morgan fingerprint density at radius 1 is 1.35 bits per heavy atom. The largest absolute Gasteiger partial charge is 0.496 e. The number of ether oxygens (including phenoxy) is 2. The van der Waals surface area contributed by atoms with Crippen molar-refractivity contribution in [3.05, 3.63) is 35.9 Å². The number of para-hydroxylation sites is 1. The van der Waals surface area contributed by atoms with Crippen LogP contribution in [0.25, 0.3) is 6.08 Å². The van der Waals surface area contributed by atoms with E-state index in [9.17, 15) is 4.79 Å². The molecule has 0 aromatic heterocycles. The summed E-state index contributed by atoms with van der Waals surface area (Å²) in [6, 6.07) is 7.58. The Morgan fingerprint density at radius 2 is 2.12 bits per heavy atom. The molecule has 0 aliphatic rings. The average Bonchev–Trinajstić information content (AvgIpc) is 2.38. The second-order valence-electron chi connectivity index (χ2n) is 2.98. The summed E-state index contributed by atoms with van der Waals surface area (Å²) in [5, 5.41) is 3.64. The van der Waals surface area contributed by atoms with Gasteiger partial charge in [0.1, 0.15) is 5.75 Å². The molecular weight excluding hydrogens is 220 g/mol. The molecule has 5 nitrogen and oxygen atoms in total. The van der Waals surface area contributed by atoms with E-state index in [1.165, 1.54) is 13.3 Å². The number of nitrogens with one attached hydrogen (secondary N) is 1. The lowest BCUT2D eigenvalue weighted by atomic mass is 10.2. The molecule has 1 rings (SSSR count). The topological polar surface area (TPSA) is 59.9 Å². The van der Waals surface area contributed by atoms with Crippen LogP contribution >= 0.6 is 0 Å². The van der Waals surface area contributed by atoms with Gasteiger partial charge in [-0.25, -0.2) is 10.2 Å². The molecule has 0 unspecified atom stereocenters. The number of carbonyl (C=O) groups is 1. The highest BCUT2D eigenvalue weighted by Crippen LogP contribution is 2.18. The number of nitrogens with zero attached hydrogens (tertiary/aromatic N) is 1. The molecule has 5 heteroatoms. The third kappa shape index (κ3) is 4.38. The van der Waals surface area contributed by atoms with Crippen molar-refractivity contribution < 1.29 is 14.3 Å². The van der Waals surface area contributed by atoms with Gasteiger partial charge in [-0.15, -0.1) is 0 Å². The van der Waals surface area contributed by atoms with Crippen molar-refractivity contribution in [3.63, 3.8) is 0 Å². The van der Waals surface area contributed by atoms with E-state index in [2.05, 4.69) is 15.3 Å². The summed E-state index contributed by atoms with van der Waals surface area (Å²) in [6.45, 7) is 0. The van der Waals surface area contributed by atoms with Crippen LogP contribution in [0.5, 0.6) is 5.75 Å².